The molecule has 0 aliphatic carbocycles. The van der Waals surface area contributed by atoms with Crippen LogP contribution in [0.2, 0.25) is 0 Å². The van der Waals surface area contributed by atoms with Crippen LogP contribution in [0.1, 0.15) is 28.7 Å². The molecule has 3 rings (SSSR count). The highest BCUT2D eigenvalue weighted by Gasteiger charge is 2.22. The van der Waals surface area contributed by atoms with Crippen LogP contribution in [0.4, 0.5) is 0 Å². The van der Waals surface area contributed by atoms with E-state index >= 15 is 0 Å². The number of rotatable bonds is 9. The Morgan fingerprint density at radius 2 is 1.32 bits per heavy atom. The van der Waals surface area contributed by atoms with Gasteiger partial charge in [-0.15, -0.1) is 11.8 Å². The summed E-state index contributed by atoms with van der Waals surface area (Å²) in [7, 11) is 0. The summed E-state index contributed by atoms with van der Waals surface area (Å²) in [4.78, 5) is 1.15. The Bertz CT molecular complexity index is 785. The Hall–Kier alpha value is -2.11. The van der Waals surface area contributed by atoms with E-state index in [1.807, 2.05) is 66.9 Å². The third-order valence-electron chi connectivity index (χ3n) is 5.02. The smallest absolute Gasteiger partial charge is 0.0965 e. The summed E-state index contributed by atoms with van der Waals surface area (Å²) in [5, 5.41) is 24.0. The molecule has 0 aliphatic heterocycles. The maximum atomic E-state index is 10.8. The fourth-order valence-corrected chi connectivity index (χ4v) is 3.79. The largest absolute Gasteiger partial charge is 0.395 e. The average Bonchev–Trinajstić information content (AvgIpc) is 2.78. The molecule has 4 heteroatoms. The van der Waals surface area contributed by atoms with Crippen molar-refractivity contribution in [3.8, 4) is 0 Å². The summed E-state index contributed by atoms with van der Waals surface area (Å²) in [6.07, 6.45) is 1.25. The Labute approximate surface area is 171 Å². The van der Waals surface area contributed by atoms with Crippen LogP contribution < -0.4 is 5.32 Å². The van der Waals surface area contributed by atoms with Crippen LogP contribution >= 0.6 is 11.8 Å². The van der Waals surface area contributed by atoms with Crippen LogP contribution in [-0.4, -0.2) is 35.7 Å². The van der Waals surface area contributed by atoms with Gasteiger partial charge in [-0.05, 0) is 35.1 Å². The summed E-state index contributed by atoms with van der Waals surface area (Å²) in [6.45, 7) is 0.487. The Morgan fingerprint density at radius 1 is 0.786 bits per heavy atom. The van der Waals surface area contributed by atoms with Gasteiger partial charge in [0.1, 0.15) is 0 Å². The minimum atomic E-state index is -0.770. The maximum absolute atomic E-state index is 10.8. The summed E-state index contributed by atoms with van der Waals surface area (Å²) in [5.41, 5.74) is 3.22. The monoisotopic (exact) mass is 393 g/mol. The van der Waals surface area contributed by atoms with E-state index in [1.165, 1.54) is 11.1 Å². The summed E-state index contributed by atoms with van der Waals surface area (Å²) in [6, 6.07) is 28.0. The highest BCUT2D eigenvalue weighted by molar-refractivity contribution is 7.98. The zero-order valence-electron chi connectivity index (χ0n) is 16.0. The van der Waals surface area contributed by atoms with Gasteiger partial charge < -0.3 is 15.5 Å². The van der Waals surface area contributed by atoms with Gasteiger partial charge in [-0.1, -0.05) is 72.8 Å². The highest BCUT2D eigenvalue weighted by atomic mass is 32.2. The molecule has 0 aliphatic rings. The number of nitrogens with one attached hydrogen (secondary N) is 1. The summed E-state index contributed by atoms with van der Waals surface area (Å²) in [5.74, 6) is 0.141. The minimum Gasteiger partial charge on any atom is -0.395 e. The molecule has 0 unspecified atom stereocenters. The Kier molecular flexibility index (Phi) is 7.69. The molecule has 3 aromatic carbocycles. The van der Waals surface area contributed by atoms with Crippen molar-refractivity contribution in [2.24, 2.45) is 0 Å². The van der Waals surface area contributed by atoms with Crippen molar-refractivity contribution in [3.05, 3.63) is 102 Å². The molecule has 146 valence electrons. The molecule has 28 heavy (non-hydrogen) atoms. The van der Waals surface area contributed by atoms with Gasteiger partial charge >= 0.3 is 0 Å². The van der Waals surface area contributed by atoms with Crippen molar-refractivity contribution in [1.82, 2.24) is 5.32 Å². The van der Waals surface area contributed by atoms with E-state index in [1.54, 1.807) is 11.8 Å². The number of hydrogen-bond donors (Lipinski definition) is 3. The molecule has 0 radical (unpaired) electrons. The topological polar surface area (TPSA) is 52.5 Å². The van der Waals surface area contributed by atoms with Gasteiger partial charge in [0.25, 0.3) is 0 Å². The lowest BCUT2D eigenvalue weighted by Crippen LogP contribution is -2.40. The van der Waals surface area contributed by atoms with Gasteiger partial charge in [0.2, 0.25) is 0 Å². The molecule has 0 saturated heterocycles. The lowest BCUT2D eigenvalue weighted by Gasteiger charge is -2.26. The highest BCUT2D eigenvalue weighted by Crippen LogP contribution is 2.25. The first-order valence-electron chi connectivity index (χ1n) is 9.49. The van der Waals surface area contributed by atoms with Gasteiger partial charge in [-0.3, -0.25) is 0 Å². The predicted molar refractivity (Wildman–Crippen MR) is 117 cm³/mol. The maximum Gasteiger partial charge on any atom is 0.0965 e. The first-order valence-corrected chi connectivity index (χ1v) is 10.7. The quantitative estimate of drug-likeness (QED) is 0.476. The zero-order valence-corrected chi connectivity index (χ0v) is 16.8. The van der Waals surface area contributed by atoms with Gasteiger partial charge in [0, 0.05) is 17.4 Å². The Morgan fingerprint density at radius 3 is 1.79 bits per heavy atom. The normalized spacial score (nSPS) is 13.4. The molecule has 0 amide bonds. The van der Waals surface area contributed by atoms with E-state index in [0.29, 0.717) is 6.54 Å². The van der Waals surface area contributed by atoms with Crippen molar-refractivity contribution in [2.45, 2.75) is 23.0 Å². The number of thioether (sulfide) groups is 1. The molecule has 0 saturated carbocycles. The fraction of sp³-hybridized carbons (Fsp3) is 0.250. The SMILES string of the molecule is CSc1ccc([C@H](O)[C@H](CO)NCC(c2ccccc2)c2ccccc2)cc1. The van der Waals surface area contributed by atoms with Crippen molar-refractivity contribution in [1.29, 1.82) is 0 Å². The molecule has 0 bridgehead atoms. The molecule has 0 aromatic heterocycles. The number of benzene rings is 3. The standard InChI is InChI=1S/C24H27NO2S/c1-28-21-14-12-20(13-15-21)24(27)23(17-26)25-16-22(18-8-4-2-5-9-18)19-10-6-3-7-11-19/h2-15,22-27H,16-17H2,1H3/t23-,24-/m0/s1. The zero-order chi connectivity index (χ0) is 19.8. The van der Waals surface area contributed by atoms with Crippen LogP contribution in [0, 0.1) is 0 Å². The van der Waals surface area contributed by atoms with Crippen LogP contribution in [-0.2, 0) is 0 Å². The summed E-state index contributed by atoms with van der Waals surface area (Å²) < 4.78 is 0. The van der Waals surface area contributed by atoms with Gasteiger partial charge in [0.05, 0.1) is 18.8 Å². The van der Waals surface area contributed by atoms with E-state index in [0.717, 1.165) is 10.5 Å². The molecular weight excluding hydrogens is 366 g/mol. The van der Waals surface area contributed by atoms with E-state index < -0.39 is 12.1 Å². The second-order valence-electron chi connectivity index (χ2n) is 6.79. The van der Waals surface area contributed by atoms with E-state index in [2.05, 4.69) is 29.6 Å². The fourth-order valence-electron chi connectivity index (χ4n) is 3.38. The summed E-state index contributed by atoms with van der Waals surface area (Å²) >= 11 is 1.67. The molecule has 2 atom stereocenters. The third kappa shape index (κ3) is 5.24. The predicted octanol–water partition coefficient (Wildman–Crippen LogP) is 4.22. The second-order valence-corrected chi connectivity index (χ2v) is 7.67. The molecular formula is C24H27NO2S. The van der Waals surface area contributed by atoms with Gasteiger partial charge in [-0.25, -0.2) is 0 Å². The first-order chi connectivity index (χ1) is 13.7. The van der Waals surface area contributed by atoms with E-state index in [9.17, 15) is 10.2 Å². The van der Waals surface area contributed by atoms with E-state index in [-0.39, 0.29) is 12.5 Å². The van der Waals surface area contributed by atoms with Crippen molar-refractivity contribution in [3.63, 3.8) is 0 Å². The number of hydrogen-bond acceptors (Lipinski definition) is 4. The lowest BCUT2D eigenvalue weighted by molar-refractivity contribution is 0.0897. The molecule has 0 fully saturated rings. The lowest BCUT2D eigenvalue weighted by atomic mass is 9.90. The van der Waals surface area contributed by atoms with E-state index in [4.69, 9.17) is 0 Å². The van der Waals surface area contributed by atoms with Crippen molar-refractivity contribution in [2.75, 3.05) is 19.4 Å². The van der Waals surface area contributed by atoms with Crippen molar-refractivity contribution >= 4 is 11.8 Å². The van der Waals surface area contributed by atoms with Crippen molar-refractivity contribution < 1.29 is 10.2 Å². The van der Waals surface area contributed by atoms with Crippen LogP contribution in [0.5, 0.6) is 0 Å². The molecule has 3 nitrogen and oxygen atoms in total. The molecule has 3 N–H and O–H groups in total. The second kappa shape index (κ2) is 10.4. The average molecular weight is 394 g/mol. The van der Waals surface area contributed by atoms with Crippen LogP contribution in [0.3, 0.4) is 0 Å². The number of aliphatic hydroxyl groups is 2. The minimum absolute atomic E-state index is 0.137. The molecule has 0 heterocycles. The Balaban J connectivity index is 1.75. The molecule has 3 aromatic rings. The van der Waals surface area contributed by atoms with Crippen LogP contribution in [0.25, 0.3) is 0 Å². The third-order valence-corrected chi connectivity index (χ3v) is 5.77. The van der Waals surface area contributed by atoms with Crippen LogP contribution in [0.15, 0.2) is 89.8 Å². The van der Waals surface area contributed by atoms with Gasteiger partial charge in [0.15, 0.2) is 0 Å². The van der Waals surface area contributed by atoms with Gasteiger partial charge in [-0.2, -0.15) is 0 Å². The number of aliphatic hydroxyl groups excluding tert-OH is 2. The molecule has 0 spiro atoms. The first kappa shape index (κ1) is 20.6.